The van der Waals surface area contributed by atoms with E-state index in [0.29, 0.717) is 16.9 Å². The van der Waals surface area contributed by atoms with Gasteiger partial charge in [-0.25, -0.2) is 0 Å². The van der Waals surface area contributed by atoms with Crippen LogP contribution in [0.15, 0.2) is 24.3 Å². The normalized spacial score (nSPS) is 13.8. The quantitative estimate of drug-likeness (QED) is 0.494. The monoisotopic (exact) mass is 392 g/mol. The minimum absolute atomic E-state index is 0.335. The van der Waals surface area contributed by atoms with Gasteiger partial charge in [0.2, 0.25) is 0 Å². The number of imide groups is 1. The smallest absolute Gasteiger partial charge is 0.260 e. The van der Waals surface area contributed by atoms with Crippen molar-refractivity contribution in [3.63, 3.8) is 0 Å². The molecule has 104 valence electrons. The summed E-state index contributed by atoms with van der Waals surface area (Å²) in [5, 5.41) is 4.01. The summed E-state index contributed by atoms with van der Waals surface area (Å²) in [6, 6.07) is 7.52. The second-order valence-electron chi connectivity index (χ2n) is 4.85. The van der Waals surface area contributed by atoms with Gasteiger partial charge in [-0.2, -0.15) is 0 Å². The van der Waals surface area contributed by atoms with Crippen molar-refractivity contribution in [2.75, 3.05) is 7.11 Å². The highest BCUT2D eigenvalue weighted by Crippen LogP contribution is 2.36. The highest BCUT2D eigenvalue weighted by Gasteiger charge is 2.32. The van der Waals surface area contributed by atoms with E-state index in [1.165, 1.54) is 0 Å². The summed E-state index contributed by atoms with van der Waals surface area (Å²) >= 11 is 2.08. The molecule has 4 rings (SSSR count). The van der Waals surface area contributed by atoms with Crippen molar-refractivity contribution in [3.05, 3.63) is 39.0 Å². The lowest BCUT2D eigenvalue weighted by Gasteiger charge is -2.02. The molecule has 5 nitrogen and oxygen atoms in total. The van der Waals surface area contributed by atoms with Gasteiger partial charge in [-0.3, -0.25) is 14.9 Å². The molecule has 1 aliphatic rings. The maximum absolute atomic E-state index is 12.2. The van der Waals surface area contributed by atoms with E-state index < -0.39 is 0 Å². The summed E-state index contributed by atoms with van der Waals surface area (Å²) < 4.78 is 6.01. The maximum Gasteiger partial charge on any atom is 0.260 e. The first kappa shape index (κ1) is 12.6. The van der Waals surface area contributed by atoms with Gasteiger partial charge in [0.25, 0.3) is 11.8 Å². The summed E-state index contributed by atoms with van der Waals surface area (Å²) in [7, 11) is 1.60. The topological polar surface area (TPSA) is 71.2 Å². The second kappa shape index (κ2) is 4.20. The Morgan fingerprint density at radius 1 is 1.05 bits per heavy atom. The number of hydrogen-bond donors (Lipinski definition) is 2. The maximum atomic E-state index is 12.2. The molecule has 0 aliphatic carbocycles. The van der Waals surface area contributed by atoms with E-state index >= 15 is 0 Å². The minimum Gasteiger partial charge on any atom is -0.497 e. The Labute approximate surface area is 132 Å². The van der Waals surface area contributed by atoms with Gasteiger partial charge >= 0.3 is 0 Å². The minimum atomic E-state index is -0.345. The number of rotatable bonds is 1. The average molecular weight is 392 g/mol. The SMILES string of the molecule is COc1ccc2[nH]c3cc(I)c4c(c3c2c1)C(=O)NC4=O. The van der Waals surface area contributed by atoms with Crippen molar-refractivity contribution < 1.29 is 14.3 Å². The molecule has 2 amide bonds. The van der Waals surface area contributed by atoms with E-state index in [0.717, 1.165) is 25.4 Å². The summed E-state index contributed by atoms with van der Waals surface area (Å²) in [4.78, 5) is 27.4. The Bertz CT molecular complexity index is 959. The van der Waals surface area contributed by atoms with Crippen LogP contribution in [0.5, 0.6) is 5.75 Å². The van der Waals surface area contributed by atoms with E-state index in [4.69, 9.17) is 4.74 Å². The molecule has 0 radical (unpaired) electrons. The zero-order valence-electron chi connectivity index (χ0n) is 10.9. The first-order valence-corrected chi connectivity index (χ1v) is 7.35. The van der Waals surface area contributed by atoms with Crippen LogP contribution in [0.2, 0.25) is 0 Å². The number of benzene rings is 2. The van der Waals surface area contributed by atoms with Gasteiger partial charge in [-0.05, 0) is 46.9 Å². The molecule has 6 heteroatoms. The van der Waals surface area contributed by atoms with Crippen LogP contribution in [-0.4, -0.2) is 23.9 Å². The molecule has 1 aliphatic heterocycles. The molecular formula is C15H9IN2O3. The number of carbonyl (C=O) groups is 2. The third kappa shape index (κ3) is 1.62. The number of nitrogens with one attached hydrogen (secondary N) is 2. The lowest BCUT2D eigenvalue weighted by atomic mass is 10.0. The number of ether oxygens (including phenoxy) is 1. The zero-order valence-corrected chi connectivity index (χ0v) is 13.1. The first-order chi connectivity index (χ1) is 10.1. The summed E-state index contributed by atoms with van der Waals surface area (Å²) in [6.07, 6.45) is 0. The number of H-pyrrole nitrogens is 1. The number of aromatic nitrogens is 1. The Hall–Kier alpha value is -2.09. The largest absolute Gasteiger partial charge is 0.497 e. The van der Waals surface area contributed by atoms with Crippen LogP contribution in [0.25, 0.3) is 21.8 Å². The Morgan fingerprint density at radius 3 is 2.57 bits per heavy atom. The lowest BCUT2D eigenvalue weighted by Crippen LogP contribution is -2.20. The molecule has 0 bridgehead atoms. The number of hydrogen-bond acceptors (Lipinski definition) is 3. The molecule has 0 atom stereocenters. The van der Waals surface area contributed by atoms with Crippen molar-refractivity contribution in [2.24, 2.45) is 0 Å². The van der Waals surface area contributed by atoms with Crippen LogP contribution in [0, 0.1) is 3.57 Å². The molecule has 0 unspecified atom stereocenters. The Morgan fingerprint density at radius 2 is 1.81 bits per heavy atom. The molecule has 0 spiro atoms. The van der Waals surface area contributed by atoms with Gasteiger partial charge in [-0.15, -0.1) is 0 Å². The molecule has 2 N–H and O–H groups in total. The number of carbonyl (C=O) groups excluding carboxylic acids is 2. The van der Waals surface area contributed by atoms with Gasteiger partial charge in [0.15, 0.2) is 0 Å². The molecule has 2 aromatic carbocycles. The predicted molar refractivity (Wildman–Crippen MR) is 86.9 cm³/mol. The molecule has 1 aromatic heterocycles. The standard InChI is InChI=1S/C15H9IN2O3/c1-21-6-2-3-9-7(4-6)11-10(17-9)5-8(16)12-13(11)15(20)18-14(12)19/h2-5,17H,1H3,(H,18,19,20). The average Bonchev–Trinajstić information content (AvgIpc) is 2.95. The molecule has 2 heterocycles. The van der Waals surface area contributed by atoms with Crippen LogP contribution >= 0.6 is 22.6 Å². The number of aromatic amines is 1. The number of fused-ring (bicyclic) bond motifs is 5. The van der Waals surface area contributed by atoms with E-state index in [-0.39, 0.29) is 11.8 Å². The van der Waals surface area contributed by atoms with Gasteiger partial charge in [0.1, 0.15) is 5.75 Å². The highest BCUT2D eigenvalue weighted by atomic mass is 127. The Balaban J connectivity index is 2.24. The molecule has 3 aromatic rings. The summed E-state index contributed by atoms with van der Waals surface area (Å²) in [5.41, 5.74) is 2.65. The molecule has 0 fully saturated rings. The van der Waals surface area contributed by atoms with Crippen LogP contribution < -0.4 is 10.1 Å². The van der Waals surface area contributed by atoms with Crippen molar-refractivity contribution in [3.8, 4) is 5.75 Å². The zero-order chi connectivity index (χ0) is 14.7. The van der Waals surface area contributed by atoms with E-state index in [1.807, 2.05) is 24.3 Å². The van der Waals surface area contributed by atoms with Crippen LogP contribution in [-0.2, 0) is 0 Å². The van der Waals surface area contributed by atoms with E-state index in [1.54, 1.807) is 7.11 Å². The van der Waals surface area contributed by atoms with Gasteiger partial charge in [0, 0.05) is 25.4 Å². The summed E-state index contributed by atoms with van der Waals surface area (Å²) in [6.45, 7) is 0. The molecular weight excluding hydrogens is 383 g/mol. The Kier molecular flexibility index (Phi) is 2.53. The van der Waals surface area contributed by atoms with Crippen LogP contribution in [0.4, 0.5) is 0 Å². The molecule has 21 heavy (non-hydrogen) atoms. The second-order valence-corrected chi connectivity index (χ2v) is 6.01. The van der Waals surface area contributed by atoms with Gasteiger partial charge in [-0.1, -0.05) is 0 Å². The van der Waals surface area contributed by atoms with Crippen molar-refractivity contribution in [2.45, 2.75) is 0 Å². The lowest BCUT2D eigenvalue weighted by molar-refractivity contribution is 0.0880. The fourth-order valence-electron chi connectivity index (χ4n) is 2.82. The molecule has 0 saturated heterocycles. The van der Waals surface area contributed by atoms with Gasteiger partial charge < -0.3 is 9.72 Å². The van der Waals surface area contributed by atoms with E-state index in [9.17, 15) is 9.59 Å². The van der Waals surface area contributed by atoms with Crippen molar-refractivity contribution in [1.29, 1.82) is 0 Å². The van der Waals surface area contributed by atoms with Crippen LogP contribution in [0.3, 0.4) is 0 Å². The number of amides is 2. The summed E-state index contributed by atoms with van der Waals surface area (Å²) in [5.74, 6) is 0.0289. The van der Waals surface area contributed by atoms with Crippen molar-refractivity contribution >= 4 is 56.2 Å². The fourth-order valence-corrected chi connectivity index (χ4v) is 3.64. The van der Waals surface area contributed by atoms with Crippen LogP contribution in [0.1, 0.15) is 20.7 Å². The number of methoxy groups -OCH3 is 1. The third-order valence-corrected chi connectivity index (χ3v) is 4.58. The van der Waals surface area contributed by atoms with Crippen molar-refractivity contribution in [1.82, 2.24) is 10.3 Å². The van der Waals surface area contributed by atoms with Gasteiger partial charge in [0.05, 0.1) is 18.2 Å². The predicted octanol–water partition coefficient (Wildman–Crippen LogP) is 2.82. The highest BCUT2D eigenvalue weighted by molar-refractivity contribution is 14.1. The number of halogens is 1. The van der Waals surface area contributed by atoms with E-state index in [2.05, 4.69) is 32.9 Å². The fraction of sp³-hybridized carbons (Fsp3) is 0.0667. The molecule has 0 saturated carbocycles. The first-order valence-electron chi connectivity index (χ1n) is 6.27. The third-order valence-electron chi connectivity index (χ3n) is 3.73.